The SMILES string of the molecule is CC(CCC(=O)CS(C)(C)Br)NC=O.CC(Cc1ccc(O)cc1)NC(=O)OCc1ccccc1. The molecule has 35 heavy (non-hydrogen) atoms. The number of carbonyl (C=O) groups excluding carboxylic acids is 3. The molecule has 0 radical (unpaired) electrons. The van der Waals surface area contributed by atoms with Gasteiger partial charge in [-0.25, -0.2) is 4.79 Å². The summed E-state index contributed by atoms with van der Waals surface area (Å²) in [4.78, 5) is 33.2. The van der Waals surface area contributed by atoms with E-state index >= 15 is 0 Å². The van der Waals surface area contributed by atoms with Crippen LogP contribution in [0.4, 0.5) is 4.79 Å². The third-order valence-electron chi connectivity index (χ3n) is 4.77. The van der Waals surface area contributed by atoms with E-state index in [4.69, 9.17) is 4.74 Å². The van der Waals surface area contributed by atoms with Gasteiger partial charge in [-0.1, -0.05) is 42.5 Å². The van der Waals surface area contributed by atoms with Gasteiger partial charge in [-0.2, -0.15) is 8.46 Å². The van der Waals surface area contributed by atoms with Crippen LogP contribution in [0.25, 0.3) is 0 Å². The first-order chi connectivity index (χ1) is 16.5. The number of benzene rings is 2. The Morgan fingerprint density at radius 2 is 1.66 bits per heavy atom. The molecule has 9 heteroatoms. The van der Waals surface area contributed by atoms with Gasteiger partial charge in [0, 0.05) is 24.3 Å². The lowest BCUT2D eigenvalue weighted by Gasteiger charge is -2.21. The Labute approximate surface area is 217 Å². The van der Waals surface area contributed by atoms with Crippen molar-refractivity contribution in [3.63, 3.8) is 0 Å². The number of halogens is 1. The van der Waals surface area contributed by atoms with Crippen molar-refractivity contribution in [2.24, 2.45) is 0 Å². The summed E-state index contributed by atoms with van der Waals surface area (Å²) < 4.78 is 5.17. The van der Waals surface area contributed by atoms with Crippen LogP contribution < -0.4 is 10.6 Å². The number of amides is 2. The van der Waals surface area contributed by atoms with Crippen LogP contribution in [0.5, 0.6) is 5.75 Å². The topological polar surface area (TPSA) is 105 Å². The van der Waals surface area contributed by atoms with Gasteiger partial charge >= 0.3 is 6.09 Å². The van der Waals surface area contributed by atoms with Gasteiger partial charge in [0.2, 0.25) is 6.41 Å². The molecule has 0 bridgehead atoms. The Bertz CT molecular complexity index is 904. The van der Waals surface area contributed by atoms with E-state index in [1.807, 2.05) is 56.3 Å². The fraction of sp³-hybridized carbons (Fsp3) is 0.423. The molecule has 2 aromatic rings. The number of hydrogen-bond donors (Lipinski definition) is 3. The first kappa shape index (κ1) is 30.5. The van der Waals surface area contributed by atoms with Crippen molar-refractivity contribution in [3.8, 4) is 5.75 Å². The van der Waals surface area contributed by atoms with Crippen molar-refractivity contribution in [1.29, 1.82) is 0 Å². The number of phenols is 1. The minimum Gasteiger partial charge on any atom is -0.508 e. The van der Waals surface area contributed by atoms with Crippen molar-refractivity contribution in [2.75, 3.05) is 18.3 Å². The highest BCUT2D eigenvalue weighted by Gasteiger charge is 2.14. The van der Waals surface area contributed by atoms with Gasteiger partial charge in [0.1, 0.15) is 18.1 Å². The summed E-state index contributed by atoms with van der Waals surface area (Å²) in [6.07, 6.45) is 6.31. The number of carbonyl (C=O) groups is 3. The highest BCUT2D eigenvalue weighted by molar-refractivity contribution is 9.58. The van der Waals surface area contributed by atoms with Crippen LogP contribution in [0.15, 0.2) is 54.6 Å². The molecule has 0 spiro atoms. The van der Waals surface area contributed by atoms with Gasteiger partial charge in [-0.15, -0.1) is 0 Å². The quantitative estimate of drug-likeness (QED) is 0.309. The molecule has 2 atom stereocenters. The monoisotopic (exact) mass is 568 g/mol. The standard InChI is InChI=1S/C17H19NO3.C9H18BrNO2S/c1-13(11-14-7-9-16(19)10-8-14)18-17(20)21-12-15-5-3-2-4-6-15;1-8(11-7-12)4-5-9(13)6-14(2,3)10/h2-10,13,19H,11-12H2,1H3,(H,18,20);7-8H,4-6H2,1-3H3,(H,11,12). The van der Waals surface area contributed by atoms with E-state index in [9.17, 15) is 19.5 Å². The van der Waals surface area contributed by atoms with Crippen molar-refractivity contribution < 1.29 is 24.2 Å². The van der Waals surface area contributed by atoms with E-state index in [-0.39, 0.29) is 30.2 Å². The Balaban J connectivity index is 0.000000383. The summed E-state index contributed by atoms with van der Waals surface area (Å²) >= 11 is 3.51. The number of rotatable bonds is 12. The number of nitrogens with one attached hydrogen (secondary N) is 2. The average molecular weight is 570 g/mol. The molecule has 7 nitrogen and oxygen atoms in total. The summed E-state index contributed by atoms with van der Waals surface area (Å²) in [7, 11) is -0.911. The van der Waals surface area contributed by atoms with E-state index in [0.717, 1.165) is 17.5 Å². The van der Waals surface area contributed by atoms with Crippen LogP contribution in [-0.4, -0.2) is 53.7 Å². The molecule has 194 valence electrons. The second kappa shape index (κ2) is 16.2. The molecule has 3 N–H and O–H groups in total. The largest absolute Gasteiger partial charge is 0.508 e. The first-order valence-corrected chi connectivity index (χ1v) is 15.8. The lowest BCUT2D eigenvalue weighted by molar-refractivity contribution is -0.117. The van der Waals surface area contributed by atoms with Crippen molar-refractivity contribution in [1.82, 2.24) is 10.6 Å². The second-order valence-electron chi connectivity index (χ2n) is 8.79. The Morgan fingerprint density at radius 1 is 1.03 bits per heavy atom. The minimum atomic E-state index is -0.911. The fourth-order valence-electron chi connectivity index (χ4n) is 3.03. The molecule has 0 heterocycles. The molecule has 0 aliphatic rings. The molecule has 0 aliphatic carbocycles. The van der Waals surface area contributed by atoms with E-state index in [2.05, 4.69) is 38.0 Å². The zero-order valence-corrected chi connectivity index (χ0v) is 23.2. The zero-order chi connectivity index (χ0) is 26.3. The van der Waals surface area contributed by atoms with E-state index in [1.165, 1.54) is 0 Å². The predicted octanol–water partition coefficient (Wildman–Crippen LogP) is 5.09. The summed E-state index contributed by atoms with van der Waals surface area (Å²) in [5, 5.41) is 14.6. The van der Waals surface area contributed by atoms with Crippen LogP contribution in [0.3, 0.4) is 0 Å². The second-order valence-corrected chi connectivity index (χ2v) is 17.1. The van der Waals surface area contributed by atoms with Crippen LogP contribution in [0, 0.1) is 0 Å². The normalized spacial score (nSPS) is 12.8. The lowest BCUT2D eigenvalue weighted by atomic mass is 10.1. The molecule has 0 aliphatic heterocycles. The van der Waals surface area contributed by atoms with Gasteiger partial charge in [0.25, 0.3) is 0 Å². The third-order valence-corrected chi connectivity index (χ3v) is 6.46. The highest BCUT2D eigenvalue weighted by Crippen LogP contribution is 2.47. The molecular formula is C26H37BrN2O5S. The van der Waals surface area contributed by atoms with Crippen molar-refractivity contribution >= 4 is 41.6 Å². The Hall–Kier alpha value is -2.52. The maximum Gasteiger partial charge on any atom is 0.407 e. The lowest BCUT2D eigenvalue weighted by Crippen LogP contribution is -2.34. The maximum absolute atomic E-state index is 11.7. The molecule has 0 saturated carbocycles. The van der Waals surface area contributed by atoms with Crippen molar-refractivity contribution in [3.05, 3.63) is 65.7 Å². The fourth-order valence-corrected chi connectivity index (χ4v) is 4.71. The maximum atomic E-state index is 11.7. The van der Waals surface area contributed by atoms with Crippen LogP contribution in [0.1, 0.15) is 37.8 Å². The predicted molar refractivity (Wildman–Crippen MR) is 147 cm³/mol. The highest BCUT2D eigenvalue weighted by atomic mass is 79.9. The van der Waals surface area contributed by atoms with Crippen LogP contribution >= 0.6 is 23.3 Å². The van der Waals surface area contributed by atoms with Gasteiger partial charge < -0.3 is 20.5 Å². The molecular weight excluding hydrogens is 532 g/mol. The average Bonchev–Trinajstić information content (AvgIpc) is 2.78. The van der Waals surface area contributed by atoms with Crippen molar-refractivity contribution in [2.45, 2.75) is 51.8 Å². The number of phenolic OH excluding ortho intramolecular Hbond substituents is 1. The van der Waals surface area contributed by atoms with Gasteiger partial charge in [-0.05, 0) is 77.3 Å². The molecule has 2 amide bonds. The van der Waals surface area contributed by atoms with Gasteiger partial charge in [0.15, 0.2) is 0 Å². The van der Waals surface area contributed by atoms with Gasteiger partial charge in [-0.3, -0.25) is 9.59 Å². The Morgan fingerprint density at radius 3 is 2.23 bits per heavy atom. The molecule has 2 rings (SSSR count). The smallest absolute Gasteiger partial charge is 0.407 e. The number of hydrogen-bond acceptors (Lipinski definition) is 5. The summed E-state index contributed by atoms with van der Waals surface area (Å²) in [5.74, 6) is 1.11. The molecule has 0 saturated heterocycles. The zero-order valence-electron chi connectivity index (χ0n) is 20.8. The number of aromatic hydroxyl groups is 1. The summed E-state index contributed by atoms with van der Waals surface area (Å²) in [6.45, 7) is 4.07. The third kappa shape index (κ3) is 15.9. The van der Waals surface area contributed by atoms with E-state index < -0.39 is 14.6 Å². The van der Waals surface area contributed by atoms with Gasteiger partial charge in [0.05, 0.1) is 0 Å². The van der Waals surface area contributed by atoms with E-state index in [0.29, 0.717) is 25.0 Å². The molecule has 0 fully saturated rings. The summed E-state index contributed by atoms with van der Waals surface area (Å²) in [5.41, 5.74) is 2.00. The molecule has 2 unspecified atom stereocenters. The minimum absolute atomic E-state index is 0.0437. The number of ketones is 1. The molecule has 2 aromatic carbocycles. The van der Waals surface area contributed by atoms with Crippen LogP contribution in [0.2, 0.25) is 0 Å². The summed E-state index contributed by atoms with van der Waals surface area (Å²) in [6, 6.07) is 16.5. The number of alkyl carbamates (subject to hydrolysis) is 1. The molecule has 0 aromatic heterocycles. The Kier molecular flexibility index (Phi) is 14.1. The van der Waals surface area contributed by atoms with E-state index in [1.54, 1.807) is 12.1 Å². The number of Topliss-reactive ketones (excluding diaryl/α,β-unsaturated/α-hetero) is 1. The number of ether oxygens (including phenoxy) is 1. The van der Waals surface area contributed by atoms with Crippen LogP contribution in [-0.2, 0) is 27.4 Å². The first-order valence-electron chi connectivity index (χ1n) is 11.4.